The molecule has 2 fully saturated rings. The molecule has 3 aliphatic rings. The summed E-state index contributed by atoms with van der Waals surface area (Å²) in [6.45, 7) is 7.43. The Bertz CT molecular complexity index is 345. The van der Waals surface area contributed by atoms with Gasteiger partial charge in [0.25, 0.3) is 0 Å². The lowest BCUT2D eigenvalue weighted by atomic mass is 9.68. The van der Waals surface area contributed by atoms with Gasteiger partial charge in [0.2, 0.25) is 0 Å². The molecule has 1 heteroatoms. The van der Waals surface area contributed by atoms with Crippen molar-refractivity contribution in [3.8, 4) is 0 Å². The maximum absolute atomic E-state index is 9.89. The molecule has 2 bridgehead atoms. The van der Waals surface area contributed by atoms with Crippen molar-refractivity contribution in [2.45, 2.75) is 46.5 Å². The molecule has 0 aromatic carbocycles. The van der Waals surface area contributed by atoms with Crippen LogP contribution in [0.25, 0.3) is 0 Å². The van der Waals surface area contributed by atoms with Crippen LogP contribution in [0.3, 0.4) is 0 Å². The van der Waals surface area contributed by atoms with Crippen molar-refractivity contribution in [1.29, 1.82) is 0 Å². The minimum atomic E-state index is 0.168. The van der Waals surface area contributed by atoms with E-state index in [1.54, 1.807) is 5.57 Å². The Morgan fingerprint density at radius 3 is 2.88 bits per heavy atom. The molecule has 0 amide bonds. The van der Waals surface area contributed by atoms with E-state index < -0.39 is 0 Å². The summed E-state index contributed by atoms with van der Waals surface area (Å²) < 4.78 is 0. The molecule has 2 saturated carbocycles. The van der Waals surface area contributed by atoms with E-state index >= 15 is 0 Å². The van der Waals surface area contributed by atoms with Gasteiger partial charge in [0.05, 0.1) is 0 Å². The zero-order chi connectivity index (χ0) is 11.6. The normalized spacial score (nSPS) is 55.0. The van der Waals surface area contributed by atoms with Crippen LogP contribution in [-0.4, -0.2) is 11.7 Å². The predicted octanol–water partition coefficient (Wildman–Crippen LogP) is 3.39. The van der Waals surface area contributed by atoms with Gasteiger partial charge in [0.1, 0.15) is 0 Å². The fourth-order valence-electron chi connectivity index (χ4n) is 5.34. The molecular weight excluding hydrogens is 196 g/mol. The van der Waals surface area contributed by atoms with E-state index in [9.17, 15) is 5.11 Å². The molecule has 2 unspecified atom stereocenters. The molecule has 90 valence electrons. The number of aliphatic hydroxyl groups is 1. The molecule has 0 saturated heterocycles. The number of allylic oxidation sites excluding steroid dienone is 2. The van der Waals surface area contributed by atoms with Gasteiger partial charge >= 0.3 is 0 Å². The minimum absolute atomic E-state index is 0.168. The van der Waals surface area contributed by atoms with Gasteiger partial charge in [-0.25, -0.2) is 0 Å². The molecule has 0 radical (unpaired) electrons. The third-order valence-electron chi connectivity index (χ3n) is 6.43. The molecule has 0 heterocycles. The molecule has 1 nitrogen and oxygen atoms in total. The smallest absolute Gasteiger partial charge is 0.0493 e. The summed E-state index contributed by atoms with van der Waals surface area (Å²) in [5.41, 5.74) is 2.26. The Hall–Kier alpha value is -0.300. The summed E-state index contributed by atoms with van der Waals surface area (Å²) in [5, 5.41) is 9.89. The lowest BCUT2D eigenvalue weighted by molar-refractivity contribution is 0.0509. The van der Waals surface area contributed by atoms with Crippen LogP contribution in [0.5, 0.6) is 0 Å². The maximum atomic E-state index is 9.89. The fraction of sp³-hybridized carbons (Fsp3) is 0.867. The summed E-state index contributed by atoms with van der Waals surface area (Å²) >= 11 is 0. The van der Waals surface area contributed by atoms with Crippen LogP contribution >= 0.6 is 0 Å². The van der Waals surface area contributed by atoms with Crippen molar-refractivity contribution in [3.63, 3.8) is 0 Å². The third-order valence-corrected chi connectivity index (χ3v) is 6.43. The second-order valence-corrected chi connectivity index (χ2v) is 6.84. The second kappa shape index (κ2) is 3.13. The molecule has 0 aliphatic heterocycles. The van der Waals surface area contributed by atoms with Crippen LogP contribution in [0.4, 0.5) is 0 Å². The van der Waals surface area contributed by atoms with Crippen molar-refractivity contribution in [2.75, 3.05) is 6.61 Å². The van der Waals surface area contributed by atoms with Gasteiger partial charge in [-0.15, -0.1) is 0 Å². The Morgan fingerprint density at radius 2 is 2.19 bits per heavy atom. The van der Waals surface area contributed by atoms with Crippen LogP contribution in [-0.2, 0) is 0 Å². The molecule has 1 N–H and O–H groups in total. The highest BCUT2D eigenvalue weighted by molar-refractivity contribution is 5.26. The first-order valence-electron chi connectivity index (χ1n) is 6.82. The largest absolute Gasteiger partial charge is 0.396 e. The Morgan fingerprint density at radius 1 is 1.44 bits per heavy atom. The van der Waals surface area contributed by atoms with Gasteiger partial charge < -0.3 is 5.11 Å². The van der Waals surface area contributed by atoms with E-state index in [-0.39, 0.29) is 5.41 Å². The number of hydrogen-bond acceptors (Lipinski definition) is 1. The quantitative estimate of drug-likeness (QED) is 0.672. The van der Waals surface area contributed by atoms with E-state index in [4.69, 9.17) is 0 Å². The first kappa shape index (κ1) is 10.8. The van der Waals surface area contributed by atoms with Gasteiger partial charge in [-0.05, 0) is 55.8 Å². The number of rotatable bonds is 1. The van der Waals surface area contributed by atoms with Crippen molar-refractivity contribution in [1.82, 2.24) is 0 Å². The summed E-state index contributed by atoms with van der Waals surface area (Å²) in [5.74, 6) is 2.27. The van der Waals surface area contributed by atoms with Gasteiger partial charge in [-0.1, -0.05) is 25.5 Å². The van der Waals surface area contributed by atoms with Gasteiger partial charge in [-0.2, -0.15) is 0 Å². The minimum Gasteiger partial charge on any atom is -0.396 e. The molecule has 1 spiro atoms. The van der Waals surface area contributed by atoms with Gasteiger partial charge in [0.15, 0.2) is 0 Å². The van der Waals surface area contributed by atoms with Crippen molar-refractivity contribution in [2.24, 2.45) is 28.6 Å². The molecule has 3 aliphatic carbocycles. The highest BCUT2D eigenvalue weighted by Gasteiger charge is 2.64. The monoisotopic (exact) mass is 220 g/mol. The van der Waals surface area contributed by atoms with Crippen molar-refractivity contribution < 1.29 is 5.11 Å². The summed E-state index contributed by atoms with van der Waals surface area (Å²) in [6, 6.07) is 0. The van der Waals surface area contributed by atoms with Gasteiger partial charge in [0, 0.05) is 12.0 Å². The molecule has 3 rings (SSSR count). The number of fused-ring (bicyclic) bond motifs is 1. The average molecular weight is 220 g/mol. The Kier molecular flexibility index (Phi) is 2.12. The molecule has 16 heavy (non-hydrogen) atoms. The average Bonchev–Trinajstić information content (AvgIpc) is 2.70. The van der Waals surface area contributed by atoms with Crippen LogP contribution in [0.1, 0.15) is 46.5 Å². The van der Waals surface area contributed by atoms with Crippen LogP contribution < -0.4 is 0 Å². The maximum Gasteiger partial charge on any atom is 0.0493 e. The topological polar surface area (TPSA) is 20.2 Å². The first-order valence-corrected chi connectivity index (χ1v) is 6.82. The zero-order valence-electron chi connectivity index (χ0n) is 10.8. The number of hydrogen-bond donors (Lipinski definition) is 1. The Labute approximate surface area is 98.9 Å². The molecular formula is C15H24O. The second-order valence-electron chi connectivity index (χ2n) is 6.84. The van der Waals surface area contributed by atoms with E-state index in [2.05, 4.69) is 26.8 Å². The molecule has 0 aromatic heterocycles. The predicted molar refractivity (Wildman–Crippen MR) is 66.0 cm³/mol. The standard InChI is InChI=1S/C15H24O/c1-10-6-7-15-8-12(10)14(3,9-16)13(15)5-4-11(15)2/h6,11-13,16H,4-5,7-9H2,1-3H3/t11-,12+,13?,14?,15+/m1/s1. The van der Waals surface area contributed by atoms with Gasteiger partial charge in [-0.3, -0.25) is 0 Å². The van der Waals surface area contributed by atoms with Crippen LogP contribution in [0, 0.1) is 28.6 Å². The Balaban J connectivity index is 2.10. The summed E-state index contributed by atoms with van der Waals surface area (Å²) in [6.07, 6.45) is 7.81. The van der Waals surface area contributed by atoms with E-state index in [0.29, 0.717) is 17.9 Å². The fourth-order valence-corrected chi connectivity index (χ4v) is 5.34. The van der Waals surface area contributed by atoms with E-state index in [1.165, 1.54) is 25.7 Å². The number of aliphatic hydroxyl groups excluding tert-OH is 1. The highest BCUT2D eigenvalue weighted by Crippen LogP contribution is 2.71. The highest BCUT2D eigenvalue weighted by atomic mass is 16.3. The lowest BCUT2D eigenvalue weighted by Crippen LogP contribution is -2.35. The first-order chi connectivity index (χ1) is 7.54. The molecule has 5 atom stereocenters. The summed E-state index contributed by atoms with van der Waals surface area (Å²) in [7, 11) is 0. The van der Waals surface area contributed by atoms with E-state index in [0.717, 1.165) is 11.8 Å². The lowest BCUT2D eigenvalue weighted by Gasteiger charge is -2.37. The molecule has 0 aromatic rings. The SMILES string of the molecule is CC1=CC[C@@]23C[C@@H]1C(C)(CO)C2CC[C@H]3C. The zero-order valence-corrected chi connectivity index (χ0v) is 10.8. The van der Waals surface area contributed by atoms with Crippen molar-refractivity contribution in [3.05, 3.63) is 11.6 Å². The third kappa shape index (κ3) is 1.01. The summed E-state index contributed by atoms with van der Waals surface area (Å²) in [4.78, 5) is 0. The van der Waals surface area contributed by atoms with Crippen LogP contribution in [0.15, 0.2) is 11.6 Å². The van der Waals surface area contributed by atoms with Crippen LogP contribution in [0.2, 0.25) is 0 Å². The van der Waals surface area contributed by atoms with E-state index in [1.807, 2.05) is 0 Å². The van der Waals surface area contributed by atoms with Crippen molar-refractivity contribution >= 4 is 0 Å².